The van der Waals surface area contributed by atoms with Crippen LogP contribution in [0.2, 0.25) is 0 Å². The zero-order chi connectivity index (χ0) is 16.6. The zero-order valence-electron chi connectivity index (χ0n) is 13.2. The summed E-state index contributed by atoms with van der Waals surface area (Å²) in [5.41, 5.74) is 4.24. The van der Waals surface area contributed by atoms with E-state index in [2.05, 4.69) is 0 Å². The number of rotatable bonds is 2. The van der Waals surface area contributed by atoms with Gasteiger partial charge in [0.25, 0.3) is 5.91 Å². The van der Waals surface area contributed by atoms with Gasteiger partial charge in [0, 0.05) is 12.1 Å². The summed E-state index contributed by atoms with van der Waals surface area (Å²) in [4.78, 5) is 26.2. The van der Waals surface area contributed by atoms with Crippen molar-refractivity contribution in [1.82, 2.24) is 4.90 Å². The van der Waals surface area contributed by atoms with Gasteiger partial charge in [0.05, 0.1) is 0 Å². The molecular weight excluding hydrogens is 290 g/mol. The third-order valence-electron chi connectivity index (χ3n) is 4.39. The summed E-state index contributed by atoms with van der Waals surface area (Å²) in [6.07, 6.45) is 0.677. The minimum Gasteiger partial charge on any atom is -0.479 e. The first-order valence-corrected chi connectivity index (χ1v) is 7.68. The molecule has 3 rings (SSSR count). The van der Waals surface area contributed by atoms with Crippen LogP contribution in [0.3, 0.4) is 0 Å². The predicted molar refractivity (Wildman–Crippen MR) is 87.5 cm³/mol. The van der Waals surface area contributed by atoms with E-state index < -0.39 is 12.0 Å². The Hall–Kier alpha value is -2.62. The number of nitrogens with zero attached hydrogens (tertiary/aromatic N) is 1. The third-order valence-corrected chi connectivity index (χ3v) is 4.39. The fourth-order valence-electron chi connectivity index (χ4n) is 3.26. The molecule has 0 bridgehead atoms. The Bertz CT molecular complexity index is 782. The van der Waals surface area contributed by atoms with Crippen LogP contribution >= 0.6 is 0 Å². The molecule has 0 aromatic heterocycles. The molecule has 23 heavy (non-hydrogen) atoms. The van der Waals surface area contributed by atoms with Crippen molar-refractivity contribution in [2.45, 2.75) is 26.3 Å². The van der Waals surface area contributed by atoms with E-state index in [0.717, 1.165) is 16.7 Å². The molecule has 0 radical (unpaired) electrons. The van der Waals surface area contributed by atoms with Crippen LogP contribution < -0.4 is 0 Å². The van der Waals surface area contributed by atoms with Crippen molar-refractivity contribution in [3.8, 4) is 0 Å². The van der Waals surface area contributed by atoms with Gasteiger partial charge < -0.3 is 10.0 Å². The summed E-state index contributed by atoms with van der Waals surface area (Å²) in [6.45, 7) is 4.27. The molecular formula is C19H19NO3. The SMILES string of the molecule is Cc1ccc(C(=O)N2CCc3ccccc3C2C(=O)O)c(C)c1. The topological polar surface area (TPSA) is 57.6 Å². The summed E-state index contributed by atoms with van der Waals surface area (Å²) in [7, 11) is 0. The molecule has 0 fully saturated rings. The van der Waals surface area contributed by atoms with Crippen molar-refractivity contribution in [3.05, 3.63) is 70.3 Å². The molecule has 1 heterocycles. The lowest BCUT2D eigenvalue weighted by Crippen LogP contribution is -2.43. The molecule has 1 N–H and O–H groups in total. The van der Waals surface area contributed by atoms with Crippen LogP contribution in [0.15, 0.2) is 42.5 Å². The van der Waals surface area contributed by atoms with Crippen molar-refractivity contribution in [1.29, 1.82) is 0 Å². The van der Waals surface area contributed by atoms with E-state index in [1.807, 2.05) is 44.2 Å². The highest BCUT2D eigenvalue weighted by Crippen LogP contribution is 2.31. The van der Waals surface area contributed by atoms with E-state index in [9.17, 15) is 14.7 Å². The van der Waals surface area contributed by atoms with Gasteiger partial charge in [-0.15, -0.1) is 0 Å². The summed E-state index contributed by atoms with van der Waals surface area (Å²) in [5.74, 6) is -1.21. The number of carboxylic acid groups (broad SMARTS) is 1. The molecule has 1 aliphatic rings. The number of fused-ring (bicyclic) bond motifs is 1. The normalized spacial score (nSPS) is 16.8. The zero-order valence-corrected chi connectivity index (χ0v) is 13.2. The van der Waals surface area contributed by atoms with Crippen molar-refractivity contribution in [2.24, 2.45) is 0 Å². The predicted octanol–water partition coefficient (Wildman–Crippen LogP) is 3.13. The maximum absolute atomic E-state index is 12.9. The molecule has 0 spiro atoms. The lowest BCUT2D eigenvalue weighted by molar-refractivity contribution is -0.143. The van der Waals surface area contributed by atoms with Crippen LogP contribution in [0.5, 0.6) is 0 Å². The number of hydrogen-bond donors (Lipinski definition) is 1. The molecule has 2 aromatic carbocycles. The van der Waals surface area contributed by atoms with Gasteiger partial charge in [-0.25, -0.2) is 4.79 Å². The lowest BCUT2D eigenvalue weighted by atomic mass is 9.91. The Balaban J connectivity index is 2.02. The van der Waals surface area contributed by atoms with E-state index in [1.165, 1.54) is 4.90 Å². The van der Waals surface area contributed by atoms with Gasteiger partial charge in [-0.3, -0.25) is 4.79 Å². The summed E-state index contributed by atoms with van der Waals surface area (Å²) in [5, 5.41) is 9.67. The fourth-order valence-corrected chi connectivity index (χ4v) is 3.26. The molecule has 0 aliphatic carbocycles. The highest BCUT2D eigenvalue weighted by Gasteiger charge is 2.36. The largest absolute Gasteiger partial charge is 0.479 e. The van der Waals surface area contributed by atoms with E-state index in [0.29, 0.717) is 24.1 Å². The quantitative estimate of drug-likeness (QED) is 0.927. The monoisotopic (exact) mass is 309 g/mol. The highest BCUT2D eigenvalue weighted by molar-refractivity contribution is 5.98. The minimum atomic E-state index is -0.990. The Morgan fingerprint density at radius 1 is 1.13 bits per heavy atom. The highest BCUT2D eigenvalue weighted by atomic mass is 16.4. The molecule has 2 aromatic rings. The molecule has 1 unspecified atom stereocenters. The van der Waals surface area contributed by atoms with Crippen LogP contribution in [-0.4, -0.2) is 28.4 Å². The van der Waals surface area contributed by atoms with Crippen molar-refractivity contribution >= 4 is 11.9 Å². The second kappa shape index (κ2) is 5.88. The van der Waals surface area contributed by atoms with Crippen molar-refractivity contribution < 1.29 is 14.7 Å². The first-order valence-electron chi connectivity index (χ1n) is 7.68. The number of benzene rings is 2. The van der Waals surface area contributed by atoms with E-state index in [-0.39, 0.29) is 5.91 Å². The van der Waals surface area contributed by atoms with Crippen LogP contribution in [0.25, 0.3) is 0 Å². The first-order chi connectivity index (χ1) is 11.0. The molecule has 4 nitrogen and oxygen atoms in total. The summed E-state index contributed by atoms with van der Waals surface area (Å²) in [6, 6.07) is 12.1. The average molecular weight is 309 g/mol. The minimum absolute atomic E-state index is 0.218. The number of amides is 1. The number of aliphatic carboxylic acids is 1. The maximum atomic E-state index is 12.9. The number of hydrogen-bond acceptors (Lipinski definition) is 2. The second-order valence-corrected chi connectivity index (χ2v) is 6.01. The van der Waals surface area contributed by atoms with E-state index in [1.54, 1.807) is 12.1 Å². The molecule has 1 aliphatic heterocycles. The number of aryl methyl sites for hydroxylation is 2. The van der Waals surface area contributed by atoms with Crippen LogP contribution in [0.4, 0.5) is 0 Å². The van der Waals surface area contributed by atoms with Crippen molar-refractivity contribution in [2.75, 3.05) is 6.54 Å². The van der Waals surface area contributed by atoms with Gasteiger partial charge in [-0.05, 0) is 43.0 Å². The van der Waals surface area contributed by atoms with Gasteiger partial charge >= 0.3 is 5.97 Å². The van der Waals surface area contributed by atoms with E-state index in [4.69, 9.17) is 0 Å². The summed E-state index contributed by atoms with van der Waals surface area (Å²) >= 11 is 0. The van der Waals surface area contributed by atoms with Gasteiger partial charge in [-0.1, -0.05) is 42.0 Å². The first kappa shape index (κ1) is 15.3. The molecule has 0 saturated heterocycles. The van der Waals surface area contributed by atoms with Crippen LogP contribution in [-0.2, 0) is 11.2 Å². The van der Waals surface area contributed by atoms with Gasteiger partial charge in [-0.2, -0.15) is 0 Å². The third kappa shape index (κ3) is 2.72. The van der Waals surface area contributed by atoms with E-state index >= 15 is 0 Å². The number of carbonyl (C=O) groups excluding carboxylic acids is 1. The Labute approximate surface area is 135 Å². The van der Waals surface area contributed by atoms with Crippen molar-refractivity contribution in [3.63, 3.8) is 0 Å². The fraction of sp³-hybridized carbons (Fsp3) is 0.263. The molecule has 4 heteroatoms. The molecule has 118 valence electrons. The van der Waals surface area contributed by atoms with Gasteiger partial charge in [0.2, 0.25) is 0 Å². The lowest BCUT2D eigenvalue weighted by Gasteiger charge is -2.35. The Kier molecular flexibility index (Phi) is 3.90. The number of carbonyl (C=O) groups is 2. The molecule has 0 saturated carbocycles. The summed E-state index contributed by atoms with van der Waals surface area (Å²) < 4.78 is 0. The number of carboxylic acids is 1. The standard InChI is InChI=1S/C19H19NO3/c1-12-7-8-15(13(2)11-12)18(21)20-10-9-14-5-3-4-6-16(14)17(20)19(22)23/h3-8,11,17H,9-10H2,1-2H3,(H,22,23). The average Bonchev–Trinajstić information content (AvgIpc) is 2.53. The Morgan fingerprint density at radius 3 is 2.57 bits per heavy atom. The Morgan fingerprint density at radius 2 is 1.87 bits per heavy atom. The van der Waals surface area contributed by atoms with Gasteiger partial charge in [0.15, 0.2) is 6.04 Å². The van der Waals surface area contributed by atoms with Crippen LogP contribution in [0.1, 0.15) is 38.7 Å². The smallest absolute Gasteiger partial charge is 0.331 e. The molecule has 1 atom stereocenters. The second-order valence-electron chi connectivity index (χ2n) is 6.01. The maximum Gasteiger partial charge on any atom is 0.331 e. The molecule has 1 amide bonds. The van der Waals surface area contributed by atoms with Crippen LogP contribution in [0, 0.1) is 13.8 Å². The van der Waals surface area contributed by atoms with Gasteiger partial charge in [0.1, 0.15) is 0 Å².